The van der Waals surface area contributed by atoms with Gasteiger partial charge in [0.15, 0.2) is 5.76 Å². The quantitative estimate of drug-likeness (QED) is 0.459. The molecule has 0 spiro atoms. The molecule has 2 aromatic carbocycles. The van der Waals surface area contributed by atoms with E-state index in [2.05, 4.69) is 9.73 Å². The van der Waals surface area contributed by atoms with Crippen LogP contribution in [-0.4, -0.2) is 11.8 Å². The number of nitrogens with two attached hydrogens (primary N) is 1. The minimum atomic E-state index is -0.532. The van der Waals surface area contributed by atoms with E-state index in [0.717, 1.165) is 28.1 Å². The summed E-state index contributed by atoms with van der Waals surface area (Å²) in [5, 5.41) is 3.02. The Balaban J connectivity index is 0.000000287. The van der Waals surface area contributed by atoms with E-state index >= 15 is 0 Å². The first kappa shape index (κ1) is 21.6. The van der Waals surface area contributed by atoms with Gasteiger partial charge in [0.1, 0.15) is 11.5 Å². The summed E-state index contributed by atoms with van der Waals surface area (Å²) >= 11 is 0. The third kappa shape index (κ3) is 5.11. The first-order valence-corrected chi connectivity index (χ1v) is 9.74. The average molecular weight is 416 g/mol. The number of primary amides is 1. The summed E-state index contributed by atoms with van der Waals surface area (Å²) in [4.78, 5) is 22.9. The number of anilines is 1. The fourth-order valence-electron chi connectivity index (χ4n) is 3.19. The molecule has 0 unspecified atom stereocenters. The van der Waals surface area contributed by atoms with Crippen molar-refractivity contribution in [2.24, 2.45) is 5.73 Å². The molecule has 3 N–H and O–H groups in total. The molecule has 158 valence electrons. The molecule has 0 fully saturated rings. The zero-order chi connectivity index (χ0) is 22.4. The van der Waals surface area contributed by atoms with Crippen LogP contribution in [0.5, 0.6) is 0 Å². The molecule has 0 bridgehead atoms. The molecule has 4 aromatic rings. The van der Waals surface area contributed by atoms with Crippen molar-refractivity contribution in [2.45, 2.75) is 20.8 Å². The molecular weight excluding hydrogens is 392 g/mol. The van der Waals surface area contributed by atoms with E-state index in [1.165, 1.54) is 12.3 Å². The number of hydrogen-bond donors (Lipinski definition) is 2. The number of amides is 2. The van der Waals surface area contributed by atoms with Gasteiger partial charge in [0, 0.05) is 16.8 Å². The Kier molecular flexibility index (Phi) is 6.72. The summed E-state index contributed by atoms with van der Waals surface area (Å²) in [6, 6.07) is 21.0. The van der Waals surface area contributed by atoms with E-state index in [9.17, 15) is 9.59 Å². The molecule has 0 saturated heterocycles. The lowest BCUT2D eigenvalue weighted by Crippen LogP contribution is -2.14. The maximum Gasteiger partial charge on any atom is 0.284 e. The van der Waals surface area contributed by atoms with Crippen molar-refractivity contribution in [3.05, 3.63) is 101 Å². The van der Waals surface area contributed by atoms with Gasteiger partial charge in [-0.15, -0.1) is 0 Å². The average Bonchev–Trinajstić information content (AvgIpc) is 3.38. The largest absolute Gasteiger partial charge is 0.466 e. The molecule has 2 aromatic heterocycles. The highest BCUT2D eigenvalue weighted by Gasteiger charge is 2.19. The third-order valence-corrected chi connectivity index (χ3v) is 4.81. The van der Waals surface area contributed by atoms with Crippen molar-refractivity contribution in [3.8, 4) is 11.1 Å². The maximum absolute atomic E-state index is 12.7. The Bertz CT molecular complexity index is 1180. The second-order valence-electron chi connectivity index (χ2n) is 6.92. The van der Waals surface area contributed by atoms with Gasteiger partial charge < -0.3 is 19.9 Å². The predicted octanol–water partition coefficient (Wildman–Crippen LogP) is 5.50. The summed E-state index contributed by atoms with van der Waals surface area (Å²) < 4.78 is 10.2. The summed E-state index contributed by atoms with van der Waals surface area (Å²) in [6.45, 7) is 5.60. The van der Waals surface area contributed by atoms with E-state index in [1.807, 2.05) is 75.4 Å². The standard InChI is InChI=1S/C20H19NO2.C5H5NO2/c1-13-14(2)23-15(3)19(13)20(22)21-18-12-8-7-11-17(18)16-9-5-4-6-10-16;6-5(7)4-2-1-3-8-4/h4-12H,1-3H3,(H,21,22);1-3H,(H2,6,7). The highest BCUT2D eigenvalue weighted by atomic mass is 16.3. The monoisotopic (exact) mass is 416 g/mol. The van der Waals surface area contributed by atoms with Crippen LogP contribution in [0.25, 0.3) is 11.1 Å². The summed E-state index contributed by atoms with van der Waals surface area (Å²) in [5.41, 5.74) is 9.19. The minimum absolute atomic E-state index is 0.139. The molecule has 2 amide bonds. The number of furan rings is 2. The smallest absolute Gasteiger partial charge is 0.284 e. The number of benzene rings is 2. The number of para-hydroxylation sites is 1. The van der Waals surface area contributed by atoms with Gasteiger partial charge in [-0.25, -0.2) is 0 Å². The van der Waals surface area contributed by atoms with Crippen LogP contribution in [0.2, 0.25) is 0 Å². The maximum atomic E-state index is 12.7. The number of aryl methyl sites for hydroxylation is 2. The topological polar surface area (TPSA) is 98.5 Å². The van der Waals surface area contributed by atoms with Crippen molar-refractivity contribution in [3.63, 3.8) is 0 Å². The first-order valence-electron chi connectivity index (χ1n) is 9.74. The van der Waals surface area contributed by atoms with Crippen molar-refractivity contribution >= 4 is 17.5 Å². The van der Waals surface area contributed by atoms with Gasteiger partial charge in [0.2, 0.25) is 0 Å². The van der Waals surface area contributed by atoms with Crippen LogP contribution in [0.15, 0.2) is 81.8 Å². The van der Waals surface area contributed by atoms with Crippen LogP contribution in [-0.2, 0) is 0 Å². The van der Waals surface area contributed by atoms with E-state index < -0.39 is 5.91 Å². The van der Waals surface area contributed by atoms with Gasteiger partial charge in [-0.05, 0) is 44.5 Å². The van der Waals surface area contributed by atoms with E-state index in [4.69, 9.17) is 10.2 Å². The second-order valence-corrected chi connectivity index (χ2v) is 6.92. The fraction of sp³-hybridized carbons (Fsp3) is 0.120. The number of carbonyl (C=O) groups is 2. The Hall–Kier alpha value is -4.06. The molecule has 0 aliphatic rings. The molecule has 4 rings (SSSR count). The molecule has 6 heteroatoms. The second kappa shape index (κ2) is 9.63. The van der Waals surface area contributed by atoms with Gasteiger partial charge in [0.05, 0.1) is 11.8 Å². The molecule has 0 saturated carbocycles. The van der Waals surface area contributed by atoms with Crippen LogP contribution >= 0.6 is 0 Å². The zero-order valence-electron chi connectivity index (χ0n) is 17.6. The number of carbonyl (C=O) groups excluding carboxylic acids is 2. The normalized spacial score (nSPS) is 10.2. The van der Waals surface area contributed by atoms with E-state index in [-0.39, 0.29) is 11.7 Å². The summed E-state index contributed by atoms with van der Waals surface area (Å²) in [6.07, 6.45) is 1.40. The molecule has 0 aliphatic carbocycles. The SMILES string of the molecule is Cc1oc(C)c(C(=O)Nc2ccccc2-c2ccccc2)c1C.NC(=O)c1ccco1. The lowest BCUT2D eigenvalue weighted by Gasteiger charge is -2.11. The van der Waals surface area contributed by atoms with Crippen molar-refractivity contribution in [1.82, 2.24) is 0 Å². The van der Waals surface area contributed by atoms with Gasteiger partial charge in [-0.1, -0.05) is 48.5 Å². The summed E-state index contributed by atoms with van der Waals surface area (Å²) in [7, 11) is 0. The van der Waals surface area contributed by atoms with Crippen LogP contribution < -0.4 is 11.1 Å². The van der Waals surface area contributed by atoms with Crippen molar-refractivity contribution in [1.29, 1.82) is 0 Å². The lowest BCUT2D eigenvalue weighted by atomic mass is 10.0. The van der Waals surface area contributed by atoms with Gasteiger partial charge in [0.25, 0.3) is 11.8 Å². The molecular formula is C25H24N2O4. The predicted molar refractivity (Wildman–Crippen MR) is 120 cm³/mol. The van der Waals surface area contributed by atoms with E-state index in [0.29, 0.717) is 11.3 Å². The van der Waals surface area contributed by atoms with Gasteiger partial charge >= 0.3 is 0 Å². The van der Waals surface area contributed by atoms with Gasteiger partial charge in [-0.3, -0.25) is 9.59 Å². The van der Waals surface area contributed by atoms with Crippen molar-refractivity contribution in [2.75, 3.05) is 5.32 Å². The molecule has 31 heavy (non-hydrogen) atoms. The van der Waals surface area contributed by atoms with Crippen LogP contribution in [0.3, 0.4) is 0 Å². The van der Waals surface area contributed by atoms with Gasteiger partial charge in [-0.2, -0.15) is 0 Å². The zero-order valence-corrected chi connectivity index (χ0v) is 17.6. The van der Waals surface area contributed by atoms with Crippen LogP contribution in [0.1, 0.15) is 38.0 Å². The third-order valence-electron chi connectivity index (χ3n) is 4.81. The minimum Gasteiger partial charge on any atom is -0.466 e. The van der Waals surface area contributed by atoms with E-state index in [1.54, 1.807) is 6.07 Å². The highest BCUT2D eigenvalue weighted by Crippen LogP contribution is 2.29. The summed E-state index contributed by atoms with van der Waals surface area (Å²) in [5.74, 6) is 0.957. The number of hydrogen-bond acceptors (Lipinski definition) is 4. The van der Waals surface area contributed by atoms with Crippen LogP contribution in [0, 0.1) is 20.8 Å². The van der Waals surface area contributed by atoms with Crippen molar-refractivity contribution < 1.29 is 18.4 Å². The highest BCUT2D eigenvalue weighted by molar-refractivity contribution is 6.07. The Morgan fingerprint density at radius 1 is 0.839 bits per heavy atom. The fourth-order valence-corrected chi connectivity index (χ4v) is 3.19. The first-order chi connectivity index (χ1) is 14.9. The Labute approximate surface area is 180 Å². The number of nitrogens with one attached hydrogen (secondary N) is 1. The molecule has 0 radical (unpaired) electrons. The molecule has 6 nitrogen and oxygen atoms in total. The Morgan fingerprint density at radius 2 is 1.52 bits per heavy atom. The molecule has 0 aliphatic heterocycles. The number of rotatable bonds is 4. The lowest BCUT2D eigenvalue weighted by molar-refractivity contribution is 0.0972. The molecule has 0 atom stereocenters. The van der Waals surface area contributed by atoms with Crippen LogP contribution in [0.4, 0.5) is 5.69 Å². The Morgan fingerprint density at radius 3 is 2.06 bits per heavy atom. The molecule has 2 heterocycles.